The van der Waals surface area contributed by atoms with Crippen LogP contribution in [0, 0.1) is 5.82 Å². The summed E-state index contributed by atoms with van der Waals surface area (Å²) in [5.74, 6) is -1.57. The first-order valence-electron chi connectivity index (χ1n) is 6.00. The van der Waals surface area contributed by atoms with E-state index in [2.05, 4.69) is 0 Å². The number of rotatable bonds is 5. The standard InChI is InChI=1S/C15H12ClFO4/c1-20-12-7-2-4-9(14(12)17)8-21-11-6-3-5-10(16)13(11)15(18)19/h2-7H,8H2,1H3,(H,18,19). The summed E-state index contributed by atoms with van der Waals surface area (Å²) in [5.41, 5.74) is 0.105. The van der Waals surface area contributed by atoms with E-state index < -0.39 is 11.8 Å². The van der Waals surface area contributed by atoms with Gasteiger partial charge in [0.05, 0.1) is 12.1 Å². The van der Waals surface area contributed by atoms with E-state index in [1.807, 2.05) is 0 Å². The first kappa shape index (κ1) is 15.1. The normalized spacial score (nSPS) is 10.2. The Morgan fingerprint density at radius 3 is 2.57 bits per heavy atom. The van der Waals surface area contributed by atoms with Gasteiger partial charge in [0.2, 0.25) is 0 Å². The van der Waals surface area contributed by atoms with Crippen molar-refractivity contribution in [1.29, 1.82) is 0 Å². The van der Waals surface area contributed by atoms with Crippen molar-refractivity contribution in [3.05, 3.63) is 58.4 Å². The highest BCUT2D eigenvalue weighted by atomic mass is 35.5. The number of carbonyl (C=O) groups is 1. The minimum Gasteiger partial charge on any atom is -0.494 e. The first-order chi connectivity index (χ1) is 10.0. The number of ether oxygens (including phenoxy) is 2. The Morgan fingerprint density at radius 1 is 1.24 bits per heavy atom. The van der Waals surface area contributed by atoms with Gasteiger partial charge < -0.3 is 14.6 Å². The minimum atomic E-state index is -1.21. The molecule has 0 heterocycles. The zero-order chi connectivity index (χ0) is 15.4. The average Bonchev–Trinajstić information content (AvgIpc) is 2.45. The number of hydrogen-bond donors (Lipinski definition) is 1. The SMILES string of the molecule is COc1cccc(COc2cccc(Cl)c2C(=O)O)c1F. The van der Waals surface area contributed by atoms with E-state index in [0.29, 0.717) is 0 Å². The van der Waals surface area contributed by atoms with E-state index in [0.717, 1.165) is 0 Å². The molecule has 2 aromatic carbocycles. The van der Waals surface area contributed by atoms with Crippen LogP contribution < -0.4 is 9.47 Å². The van der Waals surface area contributed by atoms with E-state index in [4.69, 9.17) is 26.2 Å². The summed E-state index contributed by atoms with van der Waals surface area (Å²) in [5, 5.41) is 9.18. The summed E-state index contributed by atoms with van der Waals surface area (Å²) in [6.45, 7) is -0.135. The number of carboxylic acids is 1. The molecule has 0 unspecified atom stereocenters. The molecule has 21 heavy (non-hydrogen) atoms. The largest absolute Gasteiger partial charge is 0.494 e. The highest BCUT2D eigenvalue weighted by Crippen LogP contribution is 2.28. The molecule has 0 aliphatic heterocycles. The fourth-order valence-corrected chi connectivity index (χ4v) is 2.06. The van der Waals surface area contributed by atoms with Gasteiger partial charge in [-0.15, -0.1) is 0 Å². The predicted octanol–water partition coefficient (Wildman–Crippen LogP) is 3.76. The molecule has 0 atom stereocenters. The molecular weight excluding hydrogens is 299 g/mol. The Labute approximate surface area is 125 Å². The van der Waals surface area contributed by atoms with Gasteiger partial charge in [-0.05, 0) is 18.2 Å². The van der Waals surface area contributed by atoms with Crippen molar-refractivity contribution in [3.63, 3.8) is 0 Å². The molecule has 0 aliphatic carbocycles. The molecule has 0 aliphatic rings. The van der Waals surface area contributed by atoms with Crippen molar-refractivity contribution in [2.45, 2.75) is 6.61 Å². The van der Waals surface area contributed by atoms with Crippen LogP contribution in [0.3, 0.4) is 0 Å². The van der Waals surface area contributed by atoms with Crippen LogP contribution in [0.25, 0.3) is 0 Å². The van der Waals surface area contributed by atoms with Crippen LogP contribution in [0.15, 0.2) is 36.4 Å². The third-order valence-corrected chi connectivity index (χ3v) is 3.15. The van der Waals surface area contributed by atoms with E-state index in [-0.39, 0.29) is 34.3 Å². The van der Waals surface area contributed by atoms with Crippen LogP contribution in [0.1, 0.15) is 15.9 Å². The molecular formula is C15H12ClFO4. The molecule has 0 saturated heterocycles. The molecule has 0 radical (unpaired) electrons. The molecule has 4 nitrogen and oxygen atoms in total. The molecule has 0 fully saturated rings. The molecule has 2 rings (SSSR count). The summed E-state index contributed by atoms with van der Waals surface area (Å²) in [4.78, 5) is 11.2. The van der Waals surface area contributed by atoms with Gasteiger partial charge in [-0.1, -0.05) is 29.8 Å². The summed E-state index contributed by atoms with van der Waals surface area (Å²) in [6, 6.07) is 9.11. The Balaban J connectivity index is 2.25. The first-order valence-corrected chi connectivity index (χ1v) is 6.38. The van der Waals surface area contributed by atoms with Gasteiger partial charge in [-0.25, -0.2) is 9.18 Å². The van der Waals surface area contributed by atoms with Crippen molar-refractivity contribution >= 4 is 17.6 Å². The molecule has 0 amide bonds. The fraction of sp³-hybridized carbons (Fsp3) is 0.133. The lowest BCUT2D eigenvalue weighted by Crippen LogP contribution is -2.05. The van der Waals surface area contributed by atoms with Crippen LogP contribution in [-0.2, 0) is 6.61 Å². The Bertz CT molecular complexity index is 673. The quantitative estimate of drug-likeness (QED) is 0.913. The third-order valence-electron chi connectivity index (χ3n) is 2.84. The second-order valence-electron chi connectivity index (χ2n) is 4.14. The number of hydrogen-bond acceptors (Lipinski definition) is 3. The third kappa shape index (κ3) is 3.25. The highest BCUT2D eigenvalue weighted by molar-refractivity contribution is 6.33. The smallest absolute Gasteiger partial charge is 0.341 e. The van der Waals surface area contributed by atoms with Gasteiger partial charge in [0.15, 0.2) is 11.6 Å². The zero-order valence-electron chi connectivity index (χ0n) is 11.1. The molecule has 0 saturated carbocycles. The van der Waals surface area contributed by atoms with Gasteiger partial charge >= 0.3 is 5.97 Å². The van der Waals surface area contributed by atoms with Crippen molar-refractivity contribution < 1.29 is 23.8 Å². The molecule has 1 N–H and O–H groups in total. The minimum absolute atomic E-state index is 0.0612. The highest BCUT2D eigenvalue weighted by Gasteiger charge is 2.16. The Morgan fingerprint density at radius 2 is 1.90 bits per heavy atom. The molecule has 0 aromatic heterocycles. The van der Waals surface area contributed by atoms with Crippen LogP contribution >= 0.6 is 11.6 Å². The molecule has 110 valence electrons. The Kier molecular flexibility index (Phi) is 4.65. The summed E-state index contributed by atoms with van der Waals surface area (Å²) in [7, 11) is 1.36. The van der Waals surface area contributed by atoms with Crippen LogP contribution in [0.2, 0.25) is 5.02 Å². The summed E-state index contributed by atoms with van der Waals surface area (Å²) >= 11 is 5.83. The predicted molar refractivity (Wildman–Crippen MR) is 75.7 cm³/mol. The van der Waals surface area contributed by atoms with Crippen LogP contribution in [0.5, 0.6) is 11.5 Å². The van der Waals surface area contributed by atoms with E-state index in [1.54, 1.807) is 12.1 Å². The average molecular weight is 311 g/mol. The number of halogens is 2. The van der Waals surface area contributed by atoms with Crippen molar-refractivity contribution in [2.24, 2.45) is 0 Å². The fourth-order valence-electron chi connectivity index (χ4n) is 1.81. The van der Waals surface area contributed by atoms with E-state index in [1.165, 1.54) is 31.4 Å². The lowest BCUT2D eigenvalue weighted by atomic mass is 10.2. The summed E-state index contributed by atoms with van der Waals surface area (Å²) < 4.78 is 24.2. The number of aromatic carboxylic acids is 1. The number of benzene rings is 2. The van der Waals surface area contributed by atoms with Crippen LogP contribution in [-0.4, -0.2) is 18.2 Å². The topological polar surface area (TPSA) is 55.8 Å². The maximum atomic E-state index is 14.0. The maximum absolute atomic E-state index is 14.0. The van der Waals surface area contributed by atoms with E-state index in [9.17, 15) is 9.18 Å². The number of carboxylic acid groups (broad SMARTS) is 1. The Hall–Kier alpha value is -2.27. The van der Waals surface area contributed by atoms with Gasteiger partial charge in [0, 0.05) is 5.56 Å². The van der Waals surface area contributed by atoms with Crippen LogP contribution in [0.4, 0.5) is 4.39 Å². The zero-order valence-corrected chi connectivity index (χ0v) is 11.9. The van der Waals surface area contributed by atoms with E-state index >= 15 is 0 Å². The number of methoxy groups -OCH3 is 1. The second kappa shape index (κ2) is 6.45. The molecule has 0 bridgehead atoms. The molecule has 2 aromatic rings. The van der Waals surface area contributed by atoms with Gasteiger partial charge in [0.25, 0.3) is 0 Å². The summed E-state index contributed by atoms with van der Waals surface area (Å²) in [6.07, 6.45) is 0. The molecule has 0 spiro atoms. The molecule has 6 heteroatoms. The van der Waals surface area contributed by atoms with Gasteiger partial charge in [-0.3, -0.25) is 0 Å². The van der Waals surface area contributed by atoms with Crippen molar-refractivity contribution in [2.75, 3.05) is 7.11 Å². The lowest BCUT2D eigenvalue weighted by molar-refractivity contribution is 0.0692. The van der Waals surface area contributed by atoms with Crippen molar-refractivity contribution in [1.82, 2.24) is 0 Å². The monoisotopic (exact) mass is 310 g/mol. The van der Waals surface area contributed by atoms with Crippen molar-refractivity contribution in [3.8, 4) is 11.5 Å². The van der Waals surface area contributed by atoms with Gasteiger partial charge in [-0.2, -0.15) is 0 Å². The maximum Gasteiger partial charge on any atom is 0.341 e. The van der Waals surface area contributed by atoms with Gasteiger partial charge in [0.1, 0.15) is 17.9 Å². The lowest BCUT2D eigenvalue weighted by Gasteiger charge is -2.11. The second-order valence-corrected chi connectivity index (χ2v) is 4.55.